The van der Waals surface area contributed by atoms with Crippen LogP contribution in [0, 0.1) is 5.82 Å². The molecule has 0 bridgehead atoms. The van der Waals surface area contributed by atoms with Crippen molar-refractivity contribution in [2.45, 2.75) is 6.92 Å². The number of ketones is 1. The van der Waals surface area contributed by atoms with E-state index in [1.54, 1.807) is 0 Å². The summed E-state index contributed by atoms with van der Waals surface area (Å²) in [4.78, 5) is 14.9. The molecule has 2 heterocycles. The highest BCUT2D eigenvalue weighted by Gasteiger charge is 2.05. The first-order valence-corrected chi connectivity index (χ1v) is 3.82. The number of fused-ring (bicyclic) bond motifs is 1. The van der Waals surface area contributed by atoms with E-state index >= 15 is 0 Å². The van der Waals surface area contributed by atoms with Gasteiger partial charge in [-0.05, 0) is 12.1 Å². The number of nitrogens with zero attached hydrogens (tertiary/aromatic N) is 2. The van der Waals surface area contributed by atoms with Gasteiger partial charge in [-0.3, -0.25) is 4.79 Å². The van der Waals surface area contributed by atoms with Crippen molar-refractivity contribution in [3.8, 4) is 0 Å². The average molecular weight is 178 g/mol. The first kappa shape index (κ1) is 7.91. The van der Waals surface area contributed by atoms with Gasteiger partial charge in [0.15, 0.2) is 5.78 Å². The Balaban J connectivity index is 2.68. The molecule has 0 fully saturated rings. The molecule has 3 nitrogen and oxygen atoms in total. The van der Waals surface area contributed by atoms with E-state index in [1.165, 1.54) is 35.9 Å². The largest absolute Gasteiger partial charge is 0.303 e. The summed E-state index contributed by atoms with van der Waals surface area (Å²) >= 11 is 0. The fourth-order valence-electron chi connectivity index (χ4n) is 1.13. The molecule has 13 heavy (non-hydrogen) atoms. The Kier molecular flexibility index (Phi) is 1.62. The van der Waals surface area contributed by atoms with Crippen LogP contribution in [0.4, 0.5) is 4.39 Å². The predicted molar refractivity (Wildman–Crippen MR) is 45.2 cm³/mol. The van der Waals surface area contributed by atoms with Crippen LogP contribution >= 0.6 is 0 Å². The zero-order valence-corrected chi connectivity index (χ0v) is 6.99. The Morgan fingerprint density at radius 1 is 1.46 bits per heavy atom. The van der Waals surface area contributed by atoms with Gasteiger partial charge in [0.1, 0.15) is 17.2 Å². The minimum Gasteiger partial charge on any atom is -0.303 e. The Labute approximate surface area is 73.8 Å². The lowest BCUT2D eigenvalue weighted by molar-refractivity contribution is 0.101. The fourth-order valence-corrected chi connectivity index (χ4v) is 1.13. The van der Waals surface area contributed by atoms with E-state index in [4.69, 9.17) is 0 Å². The van der Waals surface area contributed by atoms with E-state index in [9.17, 15) is 9.18 Å². The van der Waals surface area contributed by atoms with Gasteiger partial charge in [-0.15, -0.1) is 0 Å². The Bertz CT molecular complexity index is 475. The summed E-state index contributed by atoms with van der Waals surface area (Å²) in [5, 5.41) is 0. The molecule has 0 aliphatic carbocycles. The average Bonchev–Trinajstić information content (AvgIpc) is 2.46. The first-order valence-electron chi connectivity index (χ1n) is 3.82. The van der Waals surface area contributed by atoms with Crippen molar-refractivity contribution in [1.29, 1.82) is 0 Å². The van der Waals surface area contributed by atoms with Gasteiger partial charge in [0.25, 0.3) is 0 Å². The number of aromatic nitrogens is 2. The SMILES string of the molecule is CC(=O)c1cn2cc(F)ccc2n1. The summed E-state index contributed by atoms with van der Waals surface area (Å²) in [7, 11) is 0. The second-order valence-corrected chi connectivity index (χ2v) is 2.80. The summed E-state index contributed by atoms with van der Waals surface area (Å²) in [6.07, 6.45) is 2.80. The zero-order valence-electron chi connectivity index (χ0n) is 6.99. The fraction of sp³-hybridized carbons (Fsp3) is 0.111. The topological polar surface area (TPSA) is 34.4 Å². The van der Waals surface area contributed by atoms with E-state index in [0.717, 1.165) is 0 Å². The molecule has 0 amide bonds. The smallest absolute Gasteiger partial charge is 0.179 e. The molecule has 0 spiro atoms. The lowest BCUT2D eigenvalue weighted by atomic mass is 10.3. The maximum Gasteiger partial charge on any atom is 0.179 e. The lowest BCUT2D eigenvalue weighted by Gasteiger charge is -1.90. The summed E-state index contributed by atoms with van der Waals surface area (Å²) in [6.45, 7) is 1.43. The number of pyridine rings is 1. The second kappa shape index (κ2) is 2.65. The minimum absolute atomic E-state index is 0.121. The van der Waals surface area contributed by atoms with Crippen LogP contribution in [0.5, 0.6) is 0 Å². The van der Waals surface area contributed by atoms with E-state index in [0.29, 0.717) is 11.3 Å². The Hall–Kier alpha value is -1.71. The summed E-state index contributed by atoms with van der Waals surface area (Å²) in [5.74, 6) is -0.468. The first-order chi connectivity index (χ1) is 6.16. The number of Topliss-reactive ketones (excluding diaryl/α,β-unsaturated/α-hetero) is 1. The molecule has 0 aliphatic rings. The van der Waals surface area contributed by atoms with Gasteiger partial charge in [0.05, 0.1) is 0 Å². The Morgan fingerprint density at radius 3 is 2.92 bits per heavy atom. The van der Waals surface area contributed by atoms with Gasteiger partial charge in [-0.25, -0.2) is 9.37 Å². The number of carbonyl (C=O) groups excluding carboxylic acids is 1. The molecular weight excluding hydrogens is 171 g/mol. The summed E-state index contributed by atoms with van der Waals surface area (Å²) < 4.78 is 14.2. The van der Waals surface area contributed by atoms with Gasteiger partial charge < -0.3 is 4.40 Å². The van der Waals surface area contributed by atoms with E-state index in [1.807, 2.05) is 0 Å². The minimum atomic E-state index is -0.347. The standard InChI is InChI=1S/C9H7FN2O/c1-6(13)8-5-12-4-7(10)2-3-9(12)11-8/h2-5H,1H3. The molecule has 0 N–H and O–H groups in total. The van der Waals surface area contributed by atoms with Crippen molar-refractivity contribution in [3.05, 3.63) is 36.0 Å². The van der Waals surface area contributed by atoms with E-state index < -0.39 is 0 Å². The van der Waals surface area contributed by atoms with Crippen molar-refractivity contribution in [1.82, 2.24) is 9.38 Å². The van der Waals surface area contributed by atoms with Crippen molar-refractivity contribution >= 4 is 11.4 Å². The van der Waals surface area contributed by atoms with Crippen molar-refractivity contribution < 1.29 is 9.18 Å². The highest BCUT2D eigenvalue weighted by atomic mass is 19.1. The molecule has 2 aromatic rings. The number of rotatable bonds is 1. The van der Waals surface area contributed by atoms with Gasteiger partial charge in [-0.1, -0.05) is 0 Å². The molecule has 2 rings (SSSR count). The monoisotopic (exact) mass is 178 g/mol. The molecular formula is C9H7FN2O. The van der Waals surface area contributed by atoms with Crippen molar-refractivity contribution in [2.75, 3.05) is 0 Å². The van der Waals surface area contributed by atoms with Crippen LogP contribution in [0.1, 0.15) is 17.4 Å². The highest BCUT2D eigenvalue weighted by Crippen LogP contribution is 2.06. The molecule has 2 aromatic heterocycles. The molecule has 66 valence electrons. The van der Waals surface area contributed by atoms with Gasteiger partial charge in [0, 0.05) is 19.3 Å². The van der Waals surface area contributed by atoms with Crippen LogP contribution in [0.3, 0.4) is 0 Å². The maximum absolute atomic E-state index is 12.7. The third-order valence-electron chi connectivity index (χ3n) is 1.78. The van der Waals surface area contributed by atoms with Gasteiger partial charge in [0.2, 0.25) is 0 Å². The van der Waals surface area contributed by atoms with Crippen molar-refractivity contribution in [2.24, 2.45) is 0 Å². The lowest BCUT2D eigenvalue weighted by Crippen LogP contribution is -1.89. The number of hydrogen-bond acceptors (Lipinski definition) is 2. The molecule has 0 radical (unpaired) electrons. The highest BCUT2D eigenvalue weighted by molar-refractivity contribution is 5.92. The van der Waals surface area contributed by atoms with Crippen LogP contribution in [0.15, 0.2) is 24.5 Å². The number of imidazole rings is 1. The molecule has 0 aromatic carbocycles. The molecule has 0 atom stereocenters. The number of halogens is 1. The van der Waals surface area contributed by atoms with Crippen LogP contribution in [0.25, 0.3) is 5.65 Å². The normalized spacial score (nSPS) is 10.6. The zero-order chi connectivity index (χ0) is 9.42. The predicted octanol–water partition coefficient (Wildman–Crippen LogP) is 1.68. The van der Waals surface area contributed by atoms with Crippen LogP contribution < -0.4 is 0 Å². The van der Waals surface area contributed by atoms with Gasteiger partial charge >= 0.3 is 0 Å². The Morgan fingerprint density at radius 2 is 2.23 bits per heavy atom. The quantitative estimate of drug-likeness (QED) is 0.622. The van der Waals surface area contributed by atoms with Crippen LogP contribution in [-0.2, 0) is 0 Å². The maximum atomic E-state index is 12.7. The molecule has 4 heteroatoms. The third-order valence-corrected chi connectivity index (χ3v) is 1.78. The molecule has 0 aliphatic heterocycles. The molecule has 0 saturated carbocycles. The number of carbonyl (C=O) groups is 1. The van der Waals surface area contributed by atoms with E-state index in [2.05, 4.69) is 4.98 Å². The van der Waals surface area contributed by atoms with Crippen molar-refractivity contribution in [3.63, 3.8) is 0 Å². The third kappa shape index (κ3) is 1.30. The van der Waals surface area contributed by atoms with Gasteiger partial charge in [-0.2, -0.15) is 0 Å². The summed E-state index contributed by atoms with van der Waals surface area (Å²) in [5.41, 5.74) is 0.928. The van der Waals surface area contributed by atoms with Crippen LogP contribution in [-0.4, -0.2) is 15.2 Å². The van der Waals surface area contributed by atoms with Crippen LogP contribution in [0.2, 0.25) is 0 Å². The molecule has 0 unspecified atom stereocenters. The molecule has 0 saturated heterocycles. The van der Waals surface area contributed by atoms with E-state index in [-0.39, 0.29) is 11.6 Å². The second-order valence-electron chi connectivity index (χ2n) is 2.80. The number of hydrogen-bond donors (Lipinski definition) is 0. The summed E-state index contributed by atoms with van der Waals surface area (Å²) in [6, 6.07) is 2.84.